The Morgan fingerprint density at radius 2 is 1.76 bits per heavy atom. The summed E-state index contributed by atoms with van der Waals surface area (Å²) in [6.45, 7) is 2.23. The highest BCUT2D eigenvalue weighted by atomic mass is 79.9. The van der Waals surface area contributed by atoms with Crippen LogP contribution in [-0.2, 0) is 6.61 Å². The number of ether oxygens (including phenoxy) is 1. The molecule has 29 heavy (non-hydrogen) atoms. The van der Waals surface area contributed by atoms with E-state index < -0.39 is 4.92 Å². The van der Waals surface area contributed by atoms with Crippen LogP contribution < -0.4 is 4.74 Å². The number of aliphatic imine (C=N–C) groups is 1. The van der Waals surface area contributed by atoms with Crippen molar-refractivity contribution in [3.05, 3.63) is 95.4 Å². The minimum Gasteiger partial charge on any atom is -0.487 e. The van der Waals surface area contributed by atoms with Crippen molar-refractivity contribution in [2.45, 2.75) is 13.5 Å². The molecular weight excluding hydrogens is 524 g/mol. The SMILES string of the molecule is Cc1ccc(N=Cc2cc(Br)c(OCc3ccc([N+](=O)[O-])cc3)c(Br)c2)cc1Cl. The van der Waals surface area contributed by atoms with Crippen molar-refractivity contribution in [2.75, 3.05) is 0 Å². The Morgan fingerprint density at radius 3 is 2.34 bits per heavy atom. The molecule has 0 radical (unpaired) electrons. The summed E-state index contributed by atoms with van der Waals surface area (Å²) in [7, 11) is 0. The van der Waals surface area contributed by atoms with Gasteiger partial charge in [0.15, 0.2) is 0 Å². The van der Waals surface area contributed by atoms with Crippen LogP contribution >= 0.6 is 43.5 Å². The number of rotatable bonds is 6. The van der Waals surface area contributed by atoms with Gasteiger partial charge in [-0.3, -0.25) is 15.1 Å². The number of benzene rings is 3. The summed E-state index contributed by atoms with van der Waals surface area (Å²) in [6, 6.07) is 15.7. The van der Waals surface area contributed by atoms with Gasteiger partial charge in [0.05, 0.1) is 19.6 Å². The number of non-ortho nitro benzene ring substituents is 1. The van der Waals surface area contributed by atoms with Crippen LogP contribution in [0.4, 0.5) is 11.4 Å². The molecule has 0 aliphatic rings. The summed E-state index contributed by atoms with van der Waals surface area (Å²) >= 11 is 13.2. The predicted octanol–water partition coefficient (Wildman–Crippen LogP) is 7.41. The maximum absolute atomic E-state index is 10.7. The first-order valence-electron chi connectivity index (χ1n) is 8.49. The first-order chi connectivity index (χ1) is 13.8. The van der Waals surface area contributed by atoms with Gasteiger partial charge in [0, 0.05) is 23.4 Å². The maximum Gasteiger partial charge on any atom is 0.269 e. The normalized spacial score (nSPS) is 11.0. The molecular formula is C21H15Br2ClN2O3. The third-order valence-electron chi connectivity index (χ3n) is 4.07. The zero-order chi connectivity index (χ0) is 21.0. The first-order valence-corrected chi connectivity index (χ1v) is 10.5. The molecule has 3 aromatic carbocycles. The second-order valence-corrected chi connectivity index (χ2v) is 8.33. The Labute approximate surface area is 189 Å². The highest BCUT2D eigenvalue weighted by Gasteiger charge is 2.10. The van der Waals surface area contributed by atoms with Gasteiger partial charge in [0.1, 0.15) is 12.4 Å². The number of aryl methyl sites for hydroxylation is 1. The van der Waals surface area contributed by atoms with Gasteiger partial charge in [0.25, 0.3) is 5.69 Å². The van der Waals surface area contributed by atoms with Crippen molar-refractivity contribution in [3.63, 3.8) is 0 Å². The Balaban J connectivity index is 1.72. The molecule has 0 aromatic heterocycles. The van der Waals surface area contributed by atoms with Crippen LogP contribution in [0.1, 0.15) is 16.7 Å². The molecule has 0 unspecified atom stereocenters. The summed E-state index contributed by atoms with van der Waals surface area (Å²) in [4.78, 5) is 14.8. The number of nitrogens with zero attached hydrogens (tertiary/aromatic N) is 2. The van der Waals surface area contributed by atoms with Crippen LogP contribution in [0, 0.1) is 17.0 Å². The van der Waals surface area contributed by atoms with Crippen molar-refractivity contribution in [1.29, 1.82) is 0 Å². The van der Waals surface area contributed by atoms with Gasteiger partial charge in [-0.05, 0) is 91.9 Å². The molecule has 148 valence electrons. The third-order valence-corrected chi connectivity index (χ3v) is 5.65. The molecule has 5 nitrogen and oxygen atoms in total. The lowest BCUT2D eigenvalue weighted by Gasteiger charge is -2.11. The van der Waals surface area contributed by atoms with Crippen LogP contribution in [0.3, 0.4) is 0 Å². The average Bonchev–Trinajstić information content (AvgIpc) is 2.68. The van der Waals surface area contributed by atoms with Gasteiger partial charge < -0.3 is 4.74 Å². The predicted molar refractivity (Wildman–Crippen MR) is 123 cm³/mol. The number of nitro benzene ring substituents is 1. The fraction of sp³-hybridized carbons (Fsp3) is 0.0952. The smallest absolute Gasteiger partial charge is 0.269 e. The molecule has 0 atom stereocenters. The van der Waals surface area contributed by atoms with Crippen molar-refractivity contribution in [1.82, 2.24) is 0 Å². The molecule has 8 heteroatoms. The monoisotopic (exact) mass is 536 g/mol. The topological polar surface area (TPSA) is 64.7 Å². The zero-order valence-corrected chi connectivity index (χ0v) is 19.2. The van der Waals surface area contributed by atoms with Gasteiger partial charge >= 0.3 is 0 Å². The fourth-order valence-electron chi connectivity index (χ4n) is 2.47. The van der Waals surface area contributed by atoms with Crippen molar-refractivity contribution in [2.24, 2.45) is 4.99 Å². The van der Waals surface area contributed by atoms with Crippen LogP contribution in [0.15, 0.2) is 68.5 Å². The van der Waals surface area contributed by atoms with Crippen LogP contribution in [-0.4, -0.2) is 11.1 Å². The zero-order valence-electron chi connectivity index (χ0n) is 15.2. The number of nitro groups is 1. The lowest BCUT2D eigenvalue weighted by atomic mass is 10.2. The molecule has 0 N–H and O–H groups in total. The quantitative estimate of drug-likeness (QED) is 0.186. The fourth-order valence-corrected chi connectivity index (χ4v) is 4.10. The van der Waals surface area contributed by atoms with E-state index in [1.165, 1.54) is 12.1 Å². The largest absolute Gasteiger partial charge is 0.487 e. The Morgan fingerprint density at radius 1 is 1.10 bits per heavy atom. The first kappa shape index (κ1) is 21.5. The Kier molecular flexibility index (Phi) is 7.05. The molecule has 0 saturated carbocycles. The van der Waals surface area contributed by atoms with E-state index in [1.54, 1.807) is 18.3 Å². The second kappa shape index (κ2) is 9.52. The van der Waals surface area contributed by atoms with Crippen LogP contribution in [0.5, 0.6) is 5.75 Å². The van der Waals surface area contributed by atoms with Crippen LogP contribution in [0.2, 0.25) is 5.02 Å². The minimum atomic E-state index is -0.428. The standard InChI is InChI=1S/C21H15Br2ClN2O3/c1-13-2-5-16(10-20(13)24)25-11-15-8-18(22)21(19(23)9-15)29-12-14-3-6-17(7-4-14)26(27)28/h2-11H,12H2,1H3. The summed E-state index contributed by atoms with van der Waals surface area (Å²) in [5, 5.41) is 11.4. The minimum absolute atomic E-state index is 0.0506. The van der Waals surface area contributed by atoms with E-state index in [-0.39, 0.29) is 12.3 Å². The van der Waals surface area contributed by atoms with E-state index in [4.69, 9.17) is 16.3 Å². The molecule has 3 aromatic rings. The van der Waals surface area contributed by atoms with Gasteiger partial charge in [-0.25, -0.2) is 0 Å². The average molecular weight is 539 g/mol. The Bertz CT molecular complexity index is 1060. The molecule has 0 aliphatic carbocycles. The molecule has 0 amide bonds. The lowest BCUT2D eigenvalue weighted by molar-refractivity contribution is -0.384. The van der Waals surface area contributed by atoms with E-state index in [0.717, 1.165) is 31.3 Å². The molecule has 0 aliphatic heterocycles. The molecule has 0 fully saturated rings. The van der Waals surface area contributed by atoms with Crippen molar-refractivity contribution >= 4 is 61.1 Å². The van der Waals surface area contributed by atoms with Gasteiger partial charge in [-0.15, -0.1) is 0 Å². The van der Waals surface area contributed by atoms with E-state index in [1.807, 2.05) is 37.3 Å². The van der Waals surface area contributed by atoms with E-state index in [2.05, 4.69) is 36.9 Å². The lowest BCUT2D eigenvalue weighted by Crippen LogP contribution is -1.98. The van der Waals surface area contributed by atoms with E-state index in [0.29, 0.717) is 10.8 Å². The number of hydrogen-bond acceptors (Lipinski definition) is 4. The summed E-state index contributed by atoms with van der Waals surface area (Å²) in [6.07, 6.45) is 1.75. The molecule has 0 spiro atoms. The molecule has 0 heterocycles. The van der Waals surface area contributed by atoms with E-state index in [9.17, 15) is 10.1 Å². The van der Waals surface area contributed by atoms with Gasteiger partial charge in [-0.2, -0.15) is 0 Å². The number of halogens is 3. The summed E-state index contributed by atoms with van der Waals surface area (Å²) < 4.78 is 7.40. The van der Waals surface area contributed by atoms with Crippen LogP contribution in [0.25, 0.3) is 0 Å². The highest BCUT2D eigenvalue weighted by Crippen LogP contribution is 2.35. The second-order valence-electron chi connectivity index (χ2n) is 6.22. The highest BCUT2D eigenvalue weighted by molar-refractivity contribution is 9.11. The Hall–Kier alpha value is -2.22. The van der Waals surface area contributed by atoms with E-state index >= 15 is 0 Å². The summed E-state index contributed by atoms with van der Waals surface area (Å²) in [5.41, 5.74) is 3.53. The molecule has 3 rings (SSSR count). The van der Waals surface area contributed by atoms with Gasteiger partial charge in [0.2, 0.25) is 0 Å². The van der Waals surface area contributed by atoms with Gasteiger partial charge in [-0.1, -0.05) is 17.7 Å². The number of hydrogen-bond donors (Lipinski definition) is 0. The molecule has 0 bridgehead atoms. The third kappa shape index (κ3) is 5.65. The summed E-state index contributed by atoms with van der Waals surface area (Å²) in [5.74, 6) is 0.638. The van der Waals surface area contributed by atoms with Crippen molar-refractivity contribution < 1.29 is 9.66 Å². The maximum atomic E-state index is 10.7. The van der Waals surface area contributed by atoms with Crippen molar-refractivity contribution in [3.8, 4) is 5.75 Å². The molecule has 0 saturated heterocycles.